The molecule has 0 amide bonds. The third kappa shape index (κ3) is 3.83. The molecule has 21 heavy (non-hydrogen) atoms. The topological polar surface area (TPSA) is 72.2 Å². The average Bonchev–Trinajstić information content (AvgIpc) is 2.38. The normalized spacial score (nSPS) is 11.4. The van der Waals surface area contributed by atoms with Crippen LogP contribution in [0.3, 0.4) is 0 Å². The van der Waals surface area contributed by atoms with Gasteiger partial charge in [0.2, 0.25) is 10.0 Å². The van der Waals surface area contributed by atoms with E-state index in [9.17, 15) is 8.42 Å². The summed E-state index contributed by atoms with van der Waals surface area (Å²) >= 11 is 0. The highest BCUT2D eigenvalue weighted by Crippen LogP contribution is 2.21. The molecular formula is C16H20N2O2S. The van der Waals surface area contributed by atoms with Crippen LogP contribution in [0.4, 0.5) is 5.69 Å². The van der Waals surface area contributed by atoms with Crippen molar-refractivity contribution >= 4 is 15.7 Å². The number of nitrogens with one attached hydrogen (secondary N) is 1. The first-order chi connectivity index (χ1) is 9.77. The predicted octanol–water partition coefficient (Wildman–Crippen LogP) is 2.87. The van der Waals surface area contributed by atoms with Crippen LogP contribution in [0.5, 0.6) is 0 Å². The fraction of sp³-hybridized carbons (Fsp3) is 0.250. The first kappa shape index (κ1) is 15.5. The second-order valence-electron chi connectivity index (χ2n) is 5.31. The molecule has 0 saturated carbocycles. The molecule has 0 saturated heterocycles. The Kier molecular flexibility index (Phi) is 4.34. The minimum absolute atomic E-state index is 0.122. The fourth-order valence-corrected chi connectivity index (χ4v) is 2.74. The Bertz CT molecular complexity index is 768. The number of rotatable bonds is 4. The molecule has 0 radical (unpaired) electrons. The molecule has 3 N–H and O–H groups in total. The Morgan fingerprint density at radius 3 is 2.33 bits per heavy atom. The zero-order chi connectivity index (χ0) is 15.6. The summed E-state index contributed by atoms with van der Waals surface area (Å²) in [6, 6.07) is 11.1. The molecule has 0 aliphatic rings. The Balaban J connectivity index is 2.23. The van der Waals surface area contributed by atoms with Gasteiger partial charge in [-0.1, -0.05) is 29.8 Å². The Morgan fingerprint density at radius 2 is 1.71 bits per heavy atom. The third-order valence-electron chi connectivity index (χ3n) is 3.50. The summed E-state index contributed by atoms with van der Waals surface area (Å²) < 4.78 is 22.8. The van der Waals surface area contributed by atoms with Crippen molar-refractivity contribution in [3.8, 4) is 0 Å². The summed E-state index contributed by atoms with van der Waals surface area (Å²) in [6.07, 6.45) is 0. The largest absolute Gasteiger partial charge is 0.381 e. The lowest BCUT2D eigenvalue weighted by atomic mass is 10.1. The summed E-state index contributed by atoms with van der Waals surface area (Å²) in [6.45, 7) is 6.69. The molecule has 5 heteroatoms. The van der Waals surface area contributed by atoms with Crippen LogP contribution in [0.25, 0.3) is 0 Å². The lowest BCUT2D eigenvalue weighted by Gasteiger charge is -2.13. The van der Waals surface area contributed by atoms with Crippen LogP contribution in [0.2, 0.25) is 0 Å². The van der Waals surface area contributed by atoms with Gasteiger partial charge >= 0.3 is 0 Å². The monoisotopic (exact) mass is 304 g/mol. The van der Waals surface area contributed by atoms with E-state index in [4.69, 9.17) is 5.14 Å². The molecule has 0 spiro atoms. The minimum Gasteiger partial charge on any atom is -0.381 e. The summed E-state index contributed by atoms with van der Waals surface area (Å²) in [5.41, 5.74) is 5.38. The van der Waals surface area contributed by atoms with E-state index in [2.05, 4.69) is 37.4 Å². The van der Waals surface area contributed by atoms with Gasteiger partial charge in [-0.05, 0) is 49.6 Å². The molecule has 112 valence electrons. The number of anilines is 1. The van der Waals surface area contributed by atoms with Crippen LogP contribution in [-0.4, -0.2) is 8.42 Å². The highest BCUT2D eigenvalue weighted by Gasteiger charge is 2.10. The Labute approximate surface area is 126 Å². The van der Waals surface area contributed by atoms with Gasteiger partial charge in [0.1, 0.15) is 0 Å². The van der Waals surface area contributed by atoms with Crippen LogP contribution in [0, 0.1) is 20.8 Å². The number of benzene rings is 2. The molecule has 0 aliphatic heterocycles. The minimum atomic E-state index is -3.68. The van der Waals surface area contributed by atoms with E-state index in [0.29, 0.717) is 6.54 Å². The van der Waals surface area contributed by atoms with Crippen LogP contribution >= 0.6 is 0 Å². The first-order valence-corrected chi connectivity index (χ1v) is 8.25. The van der Waals surface area contributed by atoms with Gasteiger partial charge in [0.05, 0.1) is 4.90 Å². The van der Waals surface area contributed by atoms with Gasteiger partial charge in [0.15, 0.2) is 0 Å². The number of sulfonamides is 1. The first-order valence-electron chi connectivity index (χ1n) is 6.71. The molecular weight excluding hydrogens is 284 g/mol. The van der Waals surface area contributed by atoms with Crippen molar-refractivity contribution in [2.24, 2.45) is 5.14 Å². The molecule has 2 rings (SSSR count). The number of aryl methyl sites for hydroxylation is 3. The zero-order valence-electron chi connectivity index (χ0n) is 12.5. The fourth-order valence-electron chi connectivity index (χ4n) is 2.20. The van der Waals surface area contributed by atoms with Crippen molar-refractivity contribution in [3.05, 3.63) is 58.7 Å². The van der Waals surface area contributed by atoms with E-state index in [1.165, 1.54) is 22.8 Å². The SMILES string of the molecule is Cc1ccc(CNc2cc(S(N)(=O)=O)ccc2C)c(C)c1. The molecule has 2 aromatic rings. The number of hydrogen-bond acceptors (Lipinski definition) is 3. The summed E-state index contributed by atoms with van der Waals surface area (Å²) in [7, 11) is -3.68. The maximum Gasteiger partial charge on any atom is 0.238 e. The van der Waals surface area contributed by atoms with Gasteiger partial charge < -0.3 is 5.32 Å². The van der Waals surface area contributed by atoms with Crippen molar-refractivity contribution in [1.82, 2.24) is 0 Å². The Morgan fingerprint density at radius 1 is 1.00 bits per heavy atom. The van der Waals surface area contributed by atoms with Crippen molar-refractivity contribution in [3.63, 3.8) is 0 Å². The van der Waals surface area contributed by atoms with E-state index < -0.39 is 10.0 Å². The second-order valence-corrected chi connectivity index (χ2v) is 6.87. The van der Waals surface area contributed by atoms with Crippen LogP contribution in [-0.2, 0) is 16.6 Å². The second kappa shape index (κ2) is 5.87. The summed E-state index contributed by atoms with van der Waals surface area (Å²) in [4.78, 5) is 0.122. The number of hydrogen-bond donors (Lipinski definition) is 2. The van der Waals surface area contributed by atoms with Crippen molar-refractivity contribution < 1.29 is 8.42 Å². The number of primary sulfonamides is 1. The van der Waals surface area contributed by atoms with Gasteiger partial charge in [-0.15, -0.1) is 0 Å². The molecule has 0 unspecified atom stereocenters. The van der Waals surface area contributed by atoms with Crippen LogP contribution in [0.15, 0.2) is 41.3 Å². The number of nitrogens with two attached hydrogens (primary N) is 1. The van der Waals surface area contributed by atoms with E-state index in [1.807, 2.05) is 6.92 Å². The van der Waals surface area contributed by atoms with Crippen molar-refractivity contribution in [2.45, 2.75) is 32.2 Å². The molecule has 4 nitrogen and oxygen atoms in total. The third-order valence-corrected chi connectivity index (χ3v) is 4.42. The van der Waals surface area contributed by atoms with E-state index in [0.717, 1.165) is 11.3 Å². The lowest BCUT2D eigenvalue weighted by Crippen LogP contribution is -2.13. The maximum atomic E-state index is 11.4. The van der Waals surface area contributed by atoms with Crippen LogP contribution in [0.1, 0.15) is 22.3 Å². The standard InChI is InChI=1S/C16H20N2O2S/c1-11-4-6-14(13(3)8-11)10-18-16-9-15(21(17,19)20)7-5-12(16)2/h4-9,18H,10H2,1-3H3,(H2,17,19,20). The van der Waals surface area contributed by atoms with Gasteiger partial charge in [-0.3, -0.25) is 0 Å². The quantitative estimate of drug-likeness (QED) is 0.912. The predicted molar refractivity (Wildman–Crippen MR) is 85.8 cm³/mol. The molecule has 0 bridgehead atoms. The molecule has 0 aromatic heterocycles. The van der Waals surface area contributed by atoms with Gasteiger partial charge in [-0.25, -0.2) is 13.6 Å². The zero-order valence-corrected chi connectivity index (χ0v) is 13.3. The van der Waals surface area contributed by atoms with E-state index >= 15 is 0 Å². The smallest absolute Gasteiger partial charge is 0.238 e. The molecule has 2 aromatic carbocycles. The molecule has 0 atom stereocenters. The molecule has 0 aliphatic carbocycles. The van der Waals surface area contributed by atoms with E-state index in [-0.39, 0.29) is 4.90 Å². The average molecular weight is 304 g/mol. The van der Waals surface area contributed by atoms with Gasteiger partial charge in [0.25, 0.3) is 0 Å². The lowest BCUT2D eigenvalue weighted by molar-refractivity contribution is 0.598. The highest BCUT2D eigenvalue weighted by atomic mass is 32.2. The summed E-state index contributed by atoms with van der Waals surface area (Å²) in [5, 5.41) is 8.45. The molecule has 0 fully saturated rings. The maximum absolute atomic E-state index is 11.4. The molecule has 0 heterocycles. The van der Waals surface area contributed by atoms with Crippen molar-refractivity contribution in [2.75, 3.05) is 5.32 Å². The highest BCUT2D eigenvalue weighted by molar-refractivity contribution is 7.89. The van der Waals surface area contributed by atoms with Crippen LogP contribution < -0.4 is 10.5 Å². The van der Waals surface area contributed by atoms with Crippen molar-refractivity contribution in [1.29, 1.82) is 0 Å². The summed E-state index contributed by atoms with van der Waals surface area (Å²) in [5.74, 6) is 0. The Hall–Kier alpha value is -1.85. The van der Waals surface area contributed by atoms with E-state index in [1.54, 1.807) is 12.1 Å². The van der Waals surface area contributed by atoms with Gasteiger partial charge in [0, 0.05) is 12.2 Å². The van der Waals surface area contributed by atoms with Gasteiger partial charge in [-0.2, -0.15) is 0 Å².